The molecule has 0 aliphatic rings. The largest absolute Gasteiger partial charge is 0.505 e. The fourth-order valence-corrected chi connectivity index (χ4v) is 3.12. The number of carbonyl (C=O) groups is 2. The molecule has 3 rings (SSSR count). The summed E-state index contributed by atoms with van der Waals surface area (Å²) in [7, 11) is 0. The van der Waals surface area contributed by atoms with Gasteiger partial charge in [0.25, 0.3) is 5.91 Å². The predicted molar refractivity (Wildman–Crippen MR) is 94.1 cm³/mol. The third kappa shape index (κ3) is 3.26. The number of carboxylic acids is 1. The van der Waals surface area contributed by atoms with E-state index in [1.54, 1.807) is 24.3 Å². The van der Waals surface area contributed by atoms with Gasteiger partial charge in [-0.15, -0.1) is 0 Å². The lowest BCUT2D eigenvalue weighted by atomic mass is 10.1. The van der Waals surface area contributed by atoms with Crippen LogP contribution in [0.25, 0.3) is 21.3 Å². The number of pyridine rings is 1. The molecule has 2 heterocycles. The third-order valence-corrected chi connectivity index (χ3v) is 4.57. The summed E-state index contributed by atoms with van der Waals surface area (Å²) < 4.78 is 4.92. The molecule has 9 heteroatoms. The molecule has 1 amide bonds. The summed E-state index contributed by atoms with van der Waals surface area (Å²) >= 11 is 7.02. The van der Waals surface area contributed by atoms with Crippen LogP contribution in [0.2, 0.25) is 5.02 Å². The van der Waals surface area contributed by atoms with Crippen LogP contribution in [0.5, 0.6) is 5.75 Å². The van der Waals surface area contributed by atoms with Crippen LogP contribution in [0, 0.1) is 0 Å². The number of aromatic nitrogens is 2. The number of halogens is 1. The van der Waals surface area contributed by atoms with Gasteiger partial charge in [-0.2, -0.15) is 4.37 Å². The highest BCUT2D eigenvalue weighted by Crippen LogP contribution is 2.38. The van der Waals surface area contributed by atoms with Gasteiger partial charge in [0.1, 0.15) is 6.04 Å². The standard InChI is InChI=1S/C16H12ClN3O4S/c1-7(16(23)24)19-15(22)13-14(21)11-10(6-18-13)25-20-12(11)8-2-4-9(17)5-3-8/h2-7,21H,1H3,(H,19,22)(H,23,24)/t7-/m1/s1. The van der Waals surface area contributed by atoms with Crippen molar-refractivity contribution in [2.45, 2.75) is 13.0 Å². The van der Waals surface area contributed by atoms with Gasteiger partial charge in [0.15, 0.2) is 11.4 Å². The number of fused-ring (bicyclic) bond motifs is 1. The number of benzene rings is 1. The summed E-state index contributed by atoms with van der Waals surface area (Å²) in [4.78, 5) is 27.0. The van der Waals surface area contributed by atoms with Crippen molar-refractivity contribution in [3.05, 3.63) is 41.2 Å². The van der Waals surface area contributed by atoms with Crippen molar-refractivity contribution in [3.63, 3.8) is 0 Å². The van der Waals surface area contributed by atoms with Crippen molar-refractivity contribution >= 4 is 45.1 Å². The van der Waals surface area contributed by atoms with Crippen molar-refractivity contribution in [2.24, 2.45) is 0 Å². The molecule has 0 bridgehead atoms. The quantitative estimate of drug-likeness (QED) is 0.644. The SMILES string of the molecule is C[C@@H](NC(=O)c1ncc2snc(-c3ccc(Cl)cc3)c2c1O)C(=O)O. The van der Waals surface area contributed by atoms with Crippen LogP contribution in [0.3, 0.4) is 0 Å². The number of nitrogens with one attached hydrogen (secondary N) is 1. The lowest BCUT2D eigenvalue weighted by Crippen LogP contribution is -2.38. The maximum Gasteiger partial charge on any atom is 0.325 e. The molecule has 0 aliphatic heterocycles. The summed E-state index contributed by atoms with van der Waals surface area (Å²) in [6.45, 7) is 1.32. The van der Waals surface area contributed by atoms with E-state index in [0.29, 0.717) is 20.8 Å². The van der Waals surface area contributed by atoms with E-state index >= 15 is 0 Å². The second kappa shape index (κ2) is 6.66. The number of rotatable bonds is 4. The van der Waals surface area contributed by atoms with Gasteiger partial charge in [0.2, 0.25) is 0 Å². The fourth-order valence-electron chi connectivity index (χ4n) is 2.22. The normalized spacial score (nSPS) is 12.1. The van der Waals surface area contributed by atoms with E-state index in [-0.39, 0.29) is 11.4 Å². The van der Waals surface area contributed by atoms with Crippen molar-refractivity contribution in [2.75, 3.05) is 0 Å². The van der Waals surface area contributed by atoms with Crippen molar-refractivity contribution < 1.29 is 19.8 Å². The van der Waals surface area contributed by atoms with Gasteiger partial charge in [0, 0.05) is 16.8 Å². The van der Waals surface area contributed by atoms with Crippen LogP contribution in [-0.4, -0.2) is 37.5 Å². The monoisotopic (exact) mass is 377 g/mol. The van der Waals surface area contributed by atoms with Gasteiger partial charge in [0.05, 0.1) is 15.8 Å². The summed E-state index contributed by atoms with van der Waals surface area (Å²) in [5.41, 5.74) is 0.968. The van der Waals surface area contributed by atoms with E-state index in [2.05, 4.69) is 14.7 Å². The Kier molecular flexibility index (Phi) is 4.56. The van der Waals surface area contributed by atoms with E-state index in [0.717, 1.165) is 17.1 Å². The Balaban J connectivity index is 2.07. The molecule has 3 N–H and O–H groups in total. The highest BCUT2D eigenvalue weighted by molar-refractivity contribution is 7.13. The Morgan fingerprint density at radius 3 is 2.60 bits per heavy atom. The lowest BCUT2D eigenvalue weighted by Gasteiger charge is -2.10. The summed E-state index contributed by atoms with van der Waals surface area (Å²) in [5.74, 6) is -2.30. The number of aliphatic carboxylic acids is 1. The molecular formula is C16H12ClN3O4S. The smallest absolute Gasteiger partial charge is 0.325 e. The topological polar surface area (TPSA) is 112 Å². The Morgan fingerprint density at radius 2 is 1.96 bits per heavy atom. The molecule has 0 aliphatic carbocycles. The van der Waals surface area contributed by atoms with E-state index < -0.39 is 17.9 Å². The average molecular weight is 378 g/mol. The second-order valence-electron chi connectivity index (χ2n) is 5.27. The first-order valence-electron chi connectivity index (χ1n) is 7.15. The predicted octanol–water partition coefficient (Wildman–Crippen LogP) is 2.92. The Labute approximate surface area is 151 Å². The van der Waals surface area contributed by atoms with Crippen molar-refractivity contribution in [1.82, 2.24) is 14.7 Å². The number of hydrogen-bond acceptors (Lipinski definition) is 6. The molecule has 2 aromatic heterocycles. The molecule has 0 fully saturated rings. The first kappa shape index (κ1) is 17.1. The van der Waals surface area contributed by atoms with Crippen LogP contribution < -0.4 is 5.32 Å². The van der Waals surface area contributed by atoms with Crippen molar-refractivity contribution in [1.29, 1.82) is 0 Å². The number of amides is 1. The van der Waals surface area contributed by atoms with Crippen LogP contribution in [-0.2, 0) is 4.79 Å². The minimum atomic E-state index is -1.19. The lowest BCUT2D eigenvalue weighted by molar-refractivity contribution is -0.138. The summed E-state index contributed by atoms with van der Waals surface area (Å²) in [5, 5.41) is 22.6. The number of carbonyl (C=O) groups excluding carboxylic acids is 1. The van der Waals surface area contributed by atoms with Gasteiger partial charge in [-0.05, 0) is 30.6 Å². The van der Waals surface area contributed by atoms with E-state index in [9.17, 15) is 14.7 Å². The molecule has 0 saturated carbocycles. The molecule has 1 atom stereocenters. The molecule has 3 aromatic rings. The molecule has 128 valence electrons. The average Bonchev–Trinajstić information content (AvgIpc) is 3.00. The maximum atomic E-state index is 12.2. The van der Waals surface area contributed by atoms with Gasteiger partial charge < -0.3 is 15.5 Å². The second-order valence-corrected chi connectivity index (χ2v) is 6.51. The molecule has 0 spiro atoms. The number of hydrogen-bond donors (Lipinski definition) is 3. The van der Waals surface area contributed by atoms with Gasteiger partial charge in [-0.3, -0.25) is 9.59 Å². The highest BCUT2D eigenvalue weighted by atomic mass is 35.5. The molecule has 25 heavy (non-hydrogen) atoms. The molecule has 0 unspecified atom stereocenters. The zero-order chi connectivity index (χ0) is 18.1. The Morgan fingerprint density at radius 1 is 1.28 bits per heavy atom. The zero-order valence-corrected chi connectivity index (χ0v) is 14.4. The zero-order valence-electron chi connectivity index (χ0n) is 12.9. The first-order chi connectivity index (χ1) is 11.9. The van der Waals surface area contributed by atoms with Crippen LogP contribution >= 0.6 is 23.1 Å². The number of carboxylic acid groups (broad SMARTS) is 1. The summed E-state index contributed by atoms with van der Waals surface area (Å²) in [6, 6.07) is 5.79. The first-order valence-corrected chi connectivity index (χ1v) is 8.30. The minimum absolute atomic E-state index is 0.254. The van der Waals surface area contributed by atoms with Crippen LogP contribution in [0.15, 0.2) is 30.5 Å². The summed E-state index contributed by atoms with van der Waals surface area (Å²) in [6.07, 6.45) is 1.42. The minimum Gasteiger partial charge on any atom is -0.505 e. The Bertz CT molecular complexity index is 971. The maximum absolute atomic E-state index is 12.2. The van der Waals surface area contributed by atoms with Crippen LogP contribution in [0.4, 0.5) is 0 Å². The van der Waals surface area contributed by atoms with Crippen LogP contribution in [0.1, 0.15) is 17.4 Å². The number of aromatic hydroxyl groups is 1. The van der Waals surface area contributed by atoms with E-state index in [1.807, 2.05) is 0 Å². The fraction of sp³-hybridized carbons (Fsp3) is 0.125. The van der Waals surface area contributed by atoms with Gasteiger partial charge in [-0.25, -0.2) is 4.98 Å². The number of nitrogens with zero attached hydrogens (tertiary/aromatic N) is 2. The van der Waals surface area contributed by atoms with Crippen molar-refractivity contribution in [3.8, 4) is 17.0 Å². The Hall–Kier alpha value is -2.71. The molecule has 0 saturated heterocycles. The highest BCUT2D eigenvalue weighted by Gasteiger charge is 2.23. The van der Waals surface area contributed by atoms with E-state index in [4.69, 9.17) is 16.7 Å². The van der Waals surface area contributed by atoms with Gasteiger partial charge in [-0.1, -0.05) is 23.7 Å². The molecule has 7 nitrogen and oxygen atoms in total. The molecular weight excluding hydrogens is 366 g/mol. The third-order valence-electron chi connectivity index (χ3n) is 3.54. The molecule has 0 radical (unpaired) electrons. The van der Waals surface area contributed by atoms with E-state index in [1.165, 1.54) is 13.1 Å². The molecule has 1 aromatic carbocycles. The van der Waals surface area contributed by atoms with Gasteiger partial charge >= 0.3 is 5.97 Å².